The average molecular weight is 318 g/mol. The molecule has 2 aliphatic rings. The number of rotatable bonds is 4. The molecular weight excluding hydrogens is 295 g/mol. The molecule has 3 rings (SSSR count). The summed E-state index contributed by atoms with van der Waals surface area (Å²) in [6, 6.07) is 6.02. The fraction of sp³-hybridized carbons (Fsp3) is 0.556. The normalized spacial score (nSPS) is 26.7. The molecule has 5 heteroatoms. The fourth-order valence-corrected chi connectivity index (χ4v) is 3.45. The maximum atomic E-state index is 12.9. The van der Waals surface area contributed by atoms with Crippen molar-refractivity contribution in [2.45, 2.75) is 45.1 Å². The fourth-order valence-electron chi connectivity index (χ4n) is 3.45. The number of anilines is 1. The monoisotopic (exact) mass is 318 g/mol. The quantitative estimate of drug-likeness (QED) is 0.927. The summed E-state index contributed by atoms with van der Waals surface area (Å²) >= 11 is 0. The smallest absolute Gasteiger partial charge is 0.228 e. The van der Waals surface area contributed by atoms with E-state index in [1.165, 1.54) is 30.7 Å². The predicted molar refractivity (Wildman–Crippen MR) is 86.3 cm³/mol. The SMILES string of the molecule is CCC1CCCCN1C(=O)C1CC1C(=O)Nc1ccc(F)cc1. The molecule has 23 heavy (non-hydrogen) atoms. The molecule has 4 nitrogen and oxygen atoms in total. The van der Waals surface area contributed by atoms with Crippen molar-refractivity contribution in [1.82, 2.24) is 4.90 Å². The molecule has 124 valence electrons. The molecule has 1 aromatic carbocycles. The zero-order valence-electron chi connectivity index (χ0n) is 13.4. The summed E-state index contributed by atoms with van der Waals surface area (Å²) in [7, 11) is 0. The van der Waals surface area contributed by atoms with Crippen molar-refractivity contribution in [2.24, 2.45) is 11.8 Å². The topological polar surface area (TPSA) is 49.4 Å². The van der Waals surface area contributed by atoms with Crippen LogP contribution in [0, 0.1) is 17.7 Å². The molecule has 2 fully saturated rings. The molecule has 1 aliphatic carbocycles. The second-order valence-corrected chi connectivity index (χ2v) is 6.53. The first kappa shape index (κ1) is 16.0. The van der Waals surface area contributed by atoms with E-state index in [9.17, 15) is 14.0 Å². The summed E-state index contributed by atoms with van der Waals surface area (Å²) in [6.07, 6.45) is 4.91. The average Bonchev–Trinajstić information content (AvgIpc) is 3.37. The third-order valence-corrected chi connectivity index (χ3v) is 4.94. The lowest BCUT2D eigenvalue weighted by Gasteiger charge is -2.35. The summed E-state index contributed by atoms with van der Waals surface area (Å²) < 4.78 is 12.9. The van der Waals surface area contributed by atoms with Gasteiger partial charge in [-0.05, 0) is 56.4 Å². The van der Waals surface area contributed by atoms with E-state index in [4.69, 9.17) is 0 Å². The highest BCUT2D eigenvalue weighted by Gasteiger charge is 2.50. The Balaban J connectivity index is 1.56. The van der Waals surface area contributed by atoms with Gasteiger partial charge < -0.3 is 10.2 Å². The zero-order chi connectivity index (χ0) is 16.4. The number of hydrogen-bond acceptors (Lipinski definition) is 2. The van der Waals surface area contributed by atoms with Gasteiger partial charge in [0, 0.05) is 18.3 Å². The third-order valence-electron chi connectivity index (χ3n) is 4.94. The lowest BCUT2D eigenvalue weighted by Crippen LogP contribution is -2.44. The van der Waals surface area contributed by atoms with Crippen LogP contribution in [0.3, 0.4) is 0 Å². The molecule has 1 heterocycles. The van der Waals surface area contributed by atoms with E-state index in [0.717, 1.165) is 25.8 Å². The van der Waals surface area contributed by atoms with Crippen LogP contribution < -0.4 is 5.32 Å². The minimum absolute atomic E-state index is 0.135. The molecule has 1 aliphatic heterocycles. The van der Waals surface area contributed by atoms with Crippen molar-refractivity contribution in [2.75, 3.05) is 11.9 Å². The molecule has 2 amide bonds. The Morgan fingerprint density at radius 1 is 1.22 bits per heavy atom. The molecule has 0 radical (unpaired) electrons. The minimum atomic E-state index is -0.335. The van der Waals surface area contributed by atoms with Crippen LogP contribution in [0.4, 0.5) is 10.1 Å². The second-order valence-electron chi connectivity index (χ2n) is 6.53. The van der Waals surface area contributed by atoms with E-state index in [1.807, 2.05) is 4.90 Å². The highest BCUT2D eigenvalue weighted by Crippen LogP contribution is 2.42. The van der Waals surface area contributed by atoms with Crippen LogP contribution in [0.2, 0.25) is 0 Å². The van der Waals surface area contributed by atoms with Gasteiger partial charge in [-0.2, -0.15) is 0 Å². The van der Waals surface area contributed by atoms with E-state index in [2.05, 4.69) is 12.2 Å². The number of likely N-dealkylation sites (tertiary alicyclic amines) is 1. The zero-order valence-corrected chi connectivity index (χ0v) is 13.4. The van der Waals surface area contributed by atoms with Gasteiger partial charge in [-0.15, -0.1) is 0 Å². The van der Waals surface area contributed by atoms with Gasteiger partial charge in [-0.3, -0.25) is 9.59 Å². The van der Waals surface area contributed by atoms with Crippen molar-refractivity contribution in [1.29, 1.82) is 0 Å². The lowest BCUT2D eigenvalue weighted by molar-refractivity contribution is -0.137. The van der Waals surface area contributed by atoms with E-state index < -0.39 is 0 Å². The van der Waals surface area contributed by atoms with Crippen molar-refractivity contribution in [3.05, 3.63) is 30.1 Å². The third kappa shape index (κ3) is 3.54. The van der Waals surface area contributed by atoms with Gasteiger partial charge in [0.2, 0.25) is 11.8 Å². The molecule has 0 aromatic heterocycles. The van der Waals surface area contributed by atoms with Crippen LogP contribution in [0.5, 0.6) is 0 Å². The van der Waals surface area contributed by atoms with E-state index >= 15 is 0 Å². The Kier molecular flexibility index (Phi) is 4.64. The Hall–Kier alpha value is -1.91. The standard InChI is InChI=1S/C18H23FN2O2/c1-2-14-5-3-4-10-21(14)18(23)16-11-15(16)17(22)20-13-8-6-12(19)7-9-13/h6-9,14-16H,2-5,10-11H2,1H3,(H,20,22). The van der Waals surface area contributed by atoms with Gasteiger partial charge in [-0.1, -0.05) is 6.92 Å². The molecule has 1 saturated carbocycles. The Morgan fingerprint density at radius 2 is 1.96 bits per heavy atom. The maximum absolute atomic E-state index is 12.9. The van der Waals surface area contributed by atoms with Crippen LogP contribution in [0.25, 0.3) is 0 Å². The Bertz CT molecular complexity index is 587. The first-order chi connectivity index (χ1) is 11.1. The molecular formula is C18H23FN2O2. The molecule has 0 spiro atoms. The summed E-state index contributed by atoms with van der Waals surface area (Å²) in [5.74, 6) is -0.761. The van der Waals surface area contributed by atoms with Crippen LogP contribution in [0.1, 0.15) is 39.0 Å². The molecule has 1 N–H and O–H groups in total. The van der Waals surface area contributed by atoms with Crippen LogP contribution in [-0.4, -0.2) is 29.3 Å². The second kappa shape index (κ2) is 6.69. The minimum Gasteiger partial charge on any atom is -0.339 e. The predicted octanol–water partition coefficient (Wildman–Crippen LogP) is 3.19. The van der Waals surface area contributed by atoms with Crippen molar-refractivity contribution < 1.29 is 14.0 Å². The van der Waals surface area contributed by atoms with E-state index in [0.29, 0.717) is 18.2 Å². The number of carbonyl (C=O) groups excluding carboxylic acids is 2. The number of piperidine rings is 1. The first-order valence-electron chi connectivity index (χ1n) is 8.47. The lowest BCUT2D eigenvalue weighted by atomic mass is 9.99. The van der Waals surface area contributed by atoms with Crippen molar-refractivity contribution in [3.63, 3.8) is 0 Å². The number of carbonyl (C=O) groups is 2. The van der Waals surface area contributed by atoms with Crippen molar-refractivity contribution >= 4 is 17.5 Å². The highest BCUT2D eigenvalue weighted by molar-refractivity contribution is 5.99. The van der Waals surface area contributed by atoms with Crippen LogP contribution >= 0.6 is 0 Å². The van der Waals surface area contributed by atoms with E-state index in [1.54, 1.807) is 0 Å². The summed E-state index contributed by atoms with van der Waals surface area (Å²) in [5, 5.41) is 2.77. The first-order valence-corrected chi connectivity index (χ1v) is 8.47. The number of nitrogens with one attached hydrogen (secondary N) is 1. The van der Waals surface area contributed by atoms with Gasteiger partial charge in [0.25, 0.3) is 0 Å². The van der Waals surface area contributed by atoms with Gasteiger partial charge in [0.05, 0.1) is 11.8 Å². The number of amides is 2. The number of benzene rings is 1. The maximum Gasteiger partial charge on any atom is 0.228 e. The van der Waals surface area contributed by atoms with Crippen molar-refractivity contribution in [3.8, 4) is 0 Å². The Labute approximate surface area is 136 Å². The highest BCUT2D eigenvalue weighted by atomic mass is 19.1. The summed E-state index contributed by atoms with van der Waals surface area (Å²) in [4.78, 5) is 26.9. The summed E-state index contributed by atoms with van der Waals surface area (Å²) in [6.45, 7) is 2.93. The van der Waals surface area contributed by atoms with Crippen LogP contribution in [0.15, 0.2) is 24.3 Å². The Morgan fingerprint density at radius 3 is 2.65 bits per heavy atom. The van der Waals surface area contributed by atoms with Gasteiger partial charge in [0.1, 0.15) is 5.82 Å². The molecule has 3 atom stereocenters. The molecule has 1 saturated heterocycles. The largest absolute Gasteiger partial charge is 0.339 e. The molecule has 0 bridgehead atoms. The van der Waals surface area contributed by atoms with Gasteiger partial charge in [-0.25, -0.2) is 4.39 Å². The molecule has 3 unspecified atom stereocenters. The van der Waals surface area contributed by atoms with Gasteiger partial charge in [0.15, 0.2) is 0 Å². The number of nitrogens with zero attached hydrogens (tertiary/aromatic N) is 1. The van der Waals surface area contributed by atoms with Crippen LogP contribution in [-0.2, 0) is 9.59 Å². The molecule has 1 aromatic rings. The number of halogens is 1. The number of hydrogen-bond donors (Lipinski definition) is 1. The van der Waals surface area contributed by atoms with E-state index in [-0.39, 0.29) is 29.5 Å². The van der Waals surface area contributed by atoms with Gasteiger partial charge >= 0.3 is 0 Å². The summed E-state index contributed by atoms with van der Waals surface area (Å²) in [5.41, 5.74) is 0.568.